The number of likely N-dealkylation sites (tertiary alicyclic amines) is 1. The summed E-state index contributed by atoms with van der Waals surface area (Å²) in [4.78, 5) is 31.9. The zero-order valence-corrected chi connectivity index (χ0v) is 20.2. The number of amides is 1. The average molecular weight is 496 g/mol. The Morgan fingerprint density at radius 1 is 1.11 bits per heavy atom. The first-order valence-corrected chi connectivity index (χ1v) is 11.6. The molecule has 1 aromatic heterocycles. The van der Waals surface area contributed by atoms with E-state index in [4.69, 9.17) is 21.1 Å². The number of halogens is 1. The van der Waals surface area contributed by atoms with Crippen molar-refractivity contribution in [3.8, 4) is 11.5 Å². The summed E-state index contributed by atoms with van der Waals surface area (Å²) in [6, 6.07) is 10.9. The monoisotopic (exact) mass is 495 g/mol. The van der Waals surface area contributed by atoms with Crippen LogP contribution in [0.1, 0.15) is 30.5 Å². The number of carbonyl (C=O) groups is 2. The molecule has 0 bridgehead atoms. The molecule has 1 aliphatic heterocycles. The lowest BCUT2D eigenvalue weighted by Crippen LogP contribution is -2.31. The minimum Gasteiger partial charge on any atom is -0.507 e. The van der Waals surface area contributed by atoms with Gasteiger partial charge in [0.05, 0.1) is 31.7 Å². The number of imidazole rings is 1. The minimum atomic E-state index is -0.793. The Bertz CT molecular complexity index is 1240. The number of rotatable bonds is 9. The van der Waals surface area contributed by atoms with Crippen LogP contribution in [-0.4, -0.2) is 51.5 Å². The second-order valence-corrected chi connectivity index (χ2v) is 8.43. The molecule has 9 heteroatoms. The minimum absolute atomic E-state index is 0.0196. The van der Waals surface area contributed by atoms with E-state index >= 15 is 0 Å². The standard InChI is InChI=1S/C26H26ClN3O5/c1-3-35-20-10-7-18(15-21(20)34-2)23-22(24(31)17-5-8-19(27)9-6-17)25(32)26(33)30(23)13-4-12-29-14-11-28-16-29/h5-11,14-16,23,31H,3-4,12-13H2,1-2H3/t23-/m1/s1. The number of aryl methyl sites for hydroxylation is 1. The molecule has 2 heterocycles. The van der Waals surface area contributed by atoms with Crippen LogP contribution in [0.4, 0.5) is 0 Å². The topological polar surface area (TPSA) is 93.9 Å². The van der Waals surface area contributed by atoms with Crippen LogP contribution >= 0.6 is 11.6 Å². The fraction of sp³-hybridized carbons (Fsp3) is 0.269. The van der Waals surface area contributed by atoms with Crippen molar-refractivity contribution in [2.24, 2.45) is 0 Å². The molecule has 1 saturated heterocycles. The predicted octanol–water partition coefficient (Wildman–Crippen LogP) is 4.46. The van der Waals surface area contributed by atoms with Crippen LogP contribution < -0.4 is 9.47 Å². The Kier molecular flexibility index (Phi) is 7.41. The van der Waals surface area contributed by atoms with Gasteiger partial charge in [0.15, 0.2) is 11.5 Å². The molecule has 35 heavy (non-hydrogen) atoms. The first-order chi connectivity index (χ1) is 16.9. The van der Waals surface area contributed by atoms with Gasteiger partial charge in [-0.2, -0.15) is 0 Å². The molecular weight excluding hydrogens is 470 g/mol. The highest BCUT2D eigenvalue weighted by atomic mass is 35.5. The number of aliphatic hydroxyl groups excluding tert-OH is 1. The molecule has 3 aromatic rings. The molecule has 0 spiro atoms. The third-order valence-corrected chi connectivity index (χ3v) is 6.09. The van der Waals surface area contributed by atoms with Crippen LogP contribution in [-0.2, 0) is 16.1 Å². The lowest BCUT2D eigenvalue weighted by Gasteiger charge is -2.26. The number of ether oxygens (including phenoxy) is 2. The van der Waals surface area contributed by atoms with Gasteiger partial charge in [0.2, 0.25) is 0 Å². The Morgan fingerprint density at radius 2 is 1.89 bits per heavy atom. The van der Waals surface area contributed by atoms with Crippen molar-refractivity contribution in [2.45, 2.75) is 25.9 Å². The highest BCUT2D eigenvalue weighted by Crippen LogP contribution is 2.42. The maximum Gasteiger partial charge on any atom is 0.295 e. The number of Topliss-reactive ketones (excluding diaryl/α,β-unsaturated/α-hetero) is 1. The first kappa shape index (κ1) is 24.3. The molecule has 1 amide bonds. The number of hydrogen-bond donors (Lipinski definition) is 1. The van der Waals surface area contributed by atoms with Crippen LogP contribution in [0.5, 0.6) is 11.5 Å². The van der Waals surface area contributed by atoms with Gasteiger partial charge in [-0.15, -0.1) is 0 Å². The van der Waals surface area contributed by atoms with E-state index in [1.165, 1.54) is 12.0 Å². The fourth-order valence-corrected chi connectivity index (χ4v) is 4.32. The van der Waals surface area contributed by atoms with E-state index in [0.29, 0.717) is 53.8 Å². The maximum absolute atomic E-state index is 13.2. The number of aromatic nitrogens is 2. The third kappa shape index (κ3) is 5.02. The summed E-state index contributed by atoms with van der Waals surface area (Å²) < 4.78 is 13.0. The number of carbonyl (C=O) groups excluding carboxylic acids is 2. The molecule has 1 atom stereocenters. The van der Waals surface area contributed by atoms with Gasteiger partial charge in [0.25, 0.3) is 11.7 Å². The summed E-state index contributed by atoms with van der Waals surface area (Å²) in [5.41, 5.74) is 1.04. The highest BCUT2D eigenvalue weighted by molar-refractivity contribution is 6.46. The van der Waals surface area contributed by atoms with Crippen molar-refractivity contribution in [1.82, 2.24) is 14.5 Å². The molecule has 0 aliphatic carbocycles. The summed E-state index contributed by atoms with van der Waals surface area (Å²) in [7, 11) is 1.53. The van der Waals surface area contributed by atoms with Crippen LogP contribution in [0, 0.1) is 0 Å². The molecule has 2 aromatic carbocycles. The van der Waals surface area contributed by atoms with E-state index in [1.54, 1.807) is 55.0 Å². The van der Waals surface area contributed by atoms with Crippen LogP contribution in [0.3, 0.4) is 0 Å². The van der Waals surface area contributed by atoms with Gasteiger partial charge in [-0.05, 0) is 55.3 Å². The molecule has 8 nitrogen and oxygen atoms in total. The zero-order valence-electron chi connectivity index (χ0n) is 19.5. The van der Waals surface area contributed by atoms with Crippen LogP contribution in [0.25, 0.3) is 5.76 Å². The largest absolute Gasteiger partial charge is 0.507 e. The van der Waals surface area contributed by atoms with Gasteiger partial charge in [0.1, 0.15) is 5.76 Å². The first-order valence-electron chi connectivity index (χ1n) is 11.3. The maximum atomic E-state index is 13.2. The Hall–Kier alpha value is -3.78. The number of benzene rings is 2. The number of ketones is 1. The van der Waals surface area contributed by atoms with Gasteiger partial charge in [0, 0.05) is 36.1 Å². The quantitative estimate of drug-likeness (QED) is 0.268. The predicted molar refractivity (Wildman–Crippen MR) is 131 cm³/mol. The highest BCUT2D eigenvalue weighted by Gasteiger charge is 2.46. The van der Waals surface area contributed by atoms with Gasteiger partial charge in [-0.1, -0.05) is 17.7 Å². The Balaban J connectivity index is 1.77. The molecule has 1 N–H and O–H groups in total. The SMILES string of the molecule is CCOc1ccc([C@@H]2C(=C(O)c3ccc(Cl)cc3)C(=O)C(=O)N2CCCn2ccnc2)cc1OC. The smallest absolute Gasteiger partial charge is 0.295 e. The molecular formula is C26H26ClN3O5. The van der Waals surface area contributed by atoms with Crippen molar-refractivity contribution in [3.05, 3.63) is 82.9 Å². The molecule has 0 radical (unpaired) electrons. The van der Waals surface area contributed by atoms with Gasteiger partial charge in [-0.3, -0.25) is 9.59 Å². The summed E-state index contributed by atoms with van der Waals surface area (Å²) in [6.45, 7) is 3.26. The van der Waals surface area contributed by atoms with Crippen molar-refractivity contribution in [1.29, 1.82) is 0 Å². The van der Waals surface area contributed by atoms with E-state index in [0.717, 1.165) is 0 Å². The third-order valence-electron chi connectivity index (χ3n) is 5.84. The molecule has 4 rings (SSSR count). The van der Waals surface area contributed by atoms with Crippen LogP contribution in [0.15, 0.2) is 66.8 Å². The molecule has 0 saturated carbocycles. The van der Waals surface area contributed by atoms with Gasteiger partial charge >= 0.3 is 0 Å². The van der Waals surface area contributed by atoms with Crippen molar-refractivity contribution >= 4 is 29.1 Å². The number of hydrogen-bond acceptors (Lipinski definition) is 6. The van der Waals surface area contributed by atoms with Crippen molar-refractivity contribution < 1.29 is 24.2 Å². The van der Waals surface area contributed by atoms with E-state index in [1.807, 2.05) is 17.7 Å². The second-order valence-electron chi connectivity index (χ2n) is 8.00. The number of nitrogens with zero attached hydrogens (tertiary/aromatic N) is 3. The number of aliphatic hydroxyl groups is 1. The molecule has 0 unspecified atom stereocenters. The summed E-state index contributed by atoms with van der Waals surface area (Å²) in [6.07, 6.45) is 5.81. The zero-order chi connectivity index (χ0) is 24.9. The average Bonchev–Trinajstić information content (AvgIpc) is 3.47. The van der Waals surface area contributed by atoms with Crippen LogP contribution in [0.2, 0.25) is 5.02 Å². The Labute approximate surface area is 208 Å². The lowest BCUT2D eigenvalue weighted by atomic mass is 9.95. The van der Waals surface area contributed by atoms with Gasteiger partial charge in [-0.25, -0.2) is 4.98 Å². The summed E-state index contributed by atoms with van der Waals surface area (Å²) in [5, 5.41) is 11.7. The van der Waals surface area contributed by atoms with Gasteiger partial charge < -0.3 is 24.0 Å². The second kappa shape index (κ2) is 10.7. The normalized spacial score (nSPS) is 17.1. The van der Waals surface area contributed by atoms with E-state index < -0.39 is 17.7 Å². The fourth-order valence-electron chi connectivity index (χ4n) is 4.19. The molecule has 1 aliphatic rings. The Morgan fingerprint density at radius 3 is 2.54 bits per heavy atom. The van der Waals surface area contributed by atoms with E-state index in [-0.39, 0.29) is 11.3 Å². The molecule has 1 fully saturated rings. The summed E-state index contributed by atoms with van der Waals surface area (Å²) >= 11 is 5.99. The van der Waals surface area contributed by atoms with Crippen molar-refractivity contribution in [2.75, 3.05) is 20.3 Å². The number of methoxy groups -OCH3 is 1. The molecule has 182 valence electrons. The van der Waals surface area contributed by atoms with Crippen molar-refractivity contribution in [3.63, 3.8) is 0 Å². The lowest BCUT2D eigenvalue weighted by molar-refractivity contribution is -0.139. The summed E-state index contributed by atoms with van der Waals surface area (Å²) in [5.74, 6) is -0.634. The van der Waals surface area contributed by atoms with E-state index in [2.05, 4.69) is 4.98 Å². The van der Waals surface area contributed by atoms with E-state index in [9.17, 15) is 14.7 Å².